The van der Waals surface area contributed by atoms with Gasteiger partial charge in [0, 0.05) is 24.7 Å². The summed E-state index contributed by atoms with van der Waals surface area (Å²) in [4.78, 5) is 42.8. The van der Waals surface area contributed by atoms with Crippen molar-refractivity contribution in [3.8, 4) is 5.75 Å². The van der Waals surface area contributed by atoms with Crippen molar-refractivity contribution in [2.45, 2.75) is 26.2 Å². The number of anilines is 2. The van der Waals surface area contributed by atoms with Crippen molar-refractivity contribution in [2.24, 2.45) is 10.7 Å². The predicted molar refractivity (Wildman–Crippen MR) is 112 cm³/mol. The third kappa shape index (κ3) is 4.71. The molecule has 0 atom stereocenters. The summed E-state index contributed by atoms with van der Waals surface area (Å²) in [6, 6.07) is 1.31. The summed E-state index contributed by atoms with van der Waals surface area (Å²) in [5.41, 5.74) is 5.27. The van der Waals surface area contributed by atoms with Gasteiger partial charge in [-0.2, -0.15) is 0 Å². The van der Waals surface area contributed by atoms with Gasteiger partial charge in [0.15, 0.2) is 5.76 Å². The zero-order valence-electron chi connectivity index (χ0n) is 16.4. The maximum Gasteiger partial charge on any atom is 0.381 e. The van der Waals surface area contributed by atoms with E-state index in [9.17, 15) is 14.4 Å². The number of allylic oxidation sites excluding steroid dienone is 1. The van der Waals surface area contributed by atoms with Crippen molar-refractivity contribution < 1.29 is 18.7 Å². The number of nitrogens with zero attached hydrogens (tertiary/aromatic N) is 4. The van der Waals surface area contributed by atoms with Crippen molar-refractivity contribution in [2.75, 3.05) is 23.9 Å². The van der Waals surface area contributed by atoms with Gasteiger partial charge < -0.3 is 19.8 Å². The molecule has 30 heavy (non-hydrogen) atoms. The van der Waals surface area contributed by atoms with Crippen LogP contribution in [0.25, 0.3) is 0 Å². The van der Waals surface area contributed by atoms with E-state index in [1.807, 2.05) is 0 Å². The molecule has 0 spiro atoms. The van der Waals surface area contributed by atoms with Crippen LogP contribution in [0.15, 0.2) is 32.5 Å². The van der Waals surface area contributed by atoms with E-state index in [0.717, 1.165) is 24.2 Å². The second-order valence-electron chi connectivity index (χ2n) is 6.28. The van der Waals surface area contributed by atoms with Gasteiger partial charge in [0.1, 0.15) is 0 Å². The molecule has 11 nitrogen and oxygen atoms in total. The number of nitrogens with one attached hydrogen (secondary N) is 1. The fourth-order valence-corrected chi connectivity index (χ4v) is 3.50. The number of rotatable bonds is 6. The minimum absolute atomic E-state index is 0.127. The normalized spacial score (nSPS) is 14.9. The Hall–Kier alpha value is -3.54. The predicted octanol–water partition coefficient (Wildman–Crippen LogP) is 1.83. The van der Waals surface area contributed by atoms with Crippen molar-refractivity contribution >= 4 is 44.8 Å². The van der Waals surface area contributed by atoms with Gasteiger partial charge in [-0.15, -0.1) is 10.2 Å². The molecule has 0 saturated carbocycles. The van der Waals surface area contributed by atoms with Crippen LogP contribution < -0.4 is 26.3 Å². The SMILES string of the molecule is COc1c(N2CCCCC2=O)cc(C(=O)Nc2nnc(N=C(C)C=CN)s2)oc1=O. The second-order valence-corrected chi connectivity index (χ2v) is 7.23. The Morgan fingerprint density at radius 2 is 2.20 bits per heavy atom. The van der Waals surface area contributed by atoms with E-state index in [-0.39, 0.29) is 28.2 Å². The first-order valence-electron chi connectivity index (χ1n) is 9.04. The molecule has 1 saturated heterocycles. The van der Waals surface area contributed by atoms with Crippen molar-refractivity contribution in [1.29, 1.82) is 0 Å². The second kappa shape index (κ2) is 9.31. The number of carbonyl (C=O) groups is 2. The van der Waals surface area contributed by atoms with Crippen molar-refractivity contribution in [1.82, 2.24) is 10.2 Å². The molecule has 3 heterocycles. The zero-order chi connectivity index (χ0) is 21.7. The number of carbonyl (C=O) groups excluding carboxylic acids is 2. The maximum atomic E-state index is 12.6. The Bertz CT molecular complexity index is 1070. The van der Waals surface area contributed by atoms with Gasteiger partial charge in [-0.05, 0) is 32.0 Å². The highest BCUT2D eigenvalue weighted by atomic mass is 32.1. The molecule has 2 aromatic rings. The quantitative estimate of drug-likeness (QED) is 0.656. The molecule has 1 aliphatic heterocycles. The highest BCUT2D eigenvalue weighted by molar-refractivity contribution is 7.18. The fraction of sp³-hybridized carbons (Fsp3) is 0.333. The van der Waals surface area contributed by atoms with E-state index in [2.05, 4.69) is 20.5 Å². The lowest BCUT2D eigenvalue weighted by molar-refractivity contribution is -0.119. The van der Waals surface area contributed by atoms with Crippen LogP contribution in [-0.4, -0.2) is 41.4 Å². The molecule has 0 bridgehead atoms. The smallest absolute Gasteiger partial charge is 0.381 e. The van der Waals surface area contributed by atoms with Gasteiger partial charge in [0.25, 0.3) is 5.91 Å². The first-order chi connectivity index (χ1) is 14.4. The number of ether oxygens (including phenoxy) is 1. The van der Waals surface area contributed by atoms with E-state index in [1.54, 1.807) is 13.0 Å². The Labute approximate surface area is 175 Å². The monoisotopic (exact) mass is 432 g/mol. The van der Waals surface area contributed by atoms with Crippen LogP contribution in [0.3, 0.4) is 0 Å². The van der Waals surface area contributed by atoms with Crippen LogP contribution in [-0.2, 0) is 4.79 Å². The molecule has 1 fully saturated rings. The minimum atomic E-state index is -0.856. The molecule has 0 unspecified atom stereocenters. The van der Waals surface area contributed by atoms with Crippen LogP contribution in [0.4, 0.5) is 16.0 Å². The Balaban J connectivity index is 1.86. The molecule has 0 radical (unpaired) electrons. The van der Waals surface area contributed by atoms with Crippen LogP contribution in [0, 0.1) is 0 Å². The number of nitrogens with two attached hydrogens (primary N) is 1. The molecule has 3 N–H and O–H groups in total. The molecule has 2 aromatic heterocycles. The van der Waals surface area contributed by atoms with Gasteiger partial charge >= 0.3 is 5.63 Å². The van der Waals surface area contributed by atoms with Crippen molar-refractivity contribution in [3.63, 3.8) is 0 Å². The third-order valence-electron chi connectivity index (χ3n) is 4.17. The third-order valence-corrected chi connectivity index (χ3v) is 4.91. The average Bonchev–Trinajstić information content (AvgIpc) is 3.14. The molecule has 12 heteroatoms. The number of methoxy groups -OCH3 is 1. The Kier molecular flexibility index (Phi) is 6.57. The molecular formula is C18H20N6O5S. The number of hydrogen-bond acceptors (Lipinski definition) is 10. The van der Waals surface area contributed by atoms with Gasteiger partial charge in [0.2, 0.25) is 21.9 Å². The van der Waals surface area contributed by atoms with Gasteiger partial charge in [-0.3, -0.25) is 14.9 Å². The fourth-order valence-electron chi connectivity index (χ4n) is 2.83. The summed E-state index contributed by atoms with van der Waals surface area (Å²) in [7, 11) is 1.30. The Morgan fingerprint density at radius 1 is 1.40 bits per heavy atom. The van der Waals surface area contributed by atoms with Crippen LogP contribution in [0.5, 0.6) is 5.75 Å². The standard InChI is InChI=1S/C18H20N6O5S/c1-10(6-7-19)20-17-22-23-18(30-17)21-15(26)12-9-11(14(28-2)16(27)29-12)24-8-4-3-5-13(24)25/h6-7,9H,3-5,8,19H2,1-2H3,(H,21,23,26). The van der Waals surface area contributed by atoms with Gasteiger partial charge in [0.05, 0.1) is 12.8 Å². The van der Waals surface area contributed by atoms with Crippen molar-refractivity contribution in [3.05, 3.63) is 34.5 Å². The number of aromatic nitrogens is 2. The zero-order valence-corrected chi connectivity index (χ0v) is 17.2. The lowest BCUT2D eigenvalue weighted by Gasteiger charge is -2.27. The molecule has 0 aromatic carbocycles. The molecule has 2 amide bonds. The van der Waals surface area contributed by atoms with E-state index >= 15 is 0 Å². The molecule has 158 valence electrons. The summed E-state index contributed by atoms with van der Waals surface area (Å²) in [6.07, 6.45) is 4.85. The van der Waals surface area contributed by atoms with Crippen LogP contribution >= 0.6 is 11.3 Å². The first-order valence-corrected chi connectivity index (χ1v) is 9.85. The lowest BCUT2D eigenvalue weighted by atomic mass is 10.1. The highest BCUT2D eigenvalue weighted by Crippen LogP contribution is 2.30. The average molecular weight is 432 g/mol. The molecule has 1 aliphatic rings. The van der Waals surface area contributed by atoms with Gasteiger partial charge in [-0.25, -0.2) is 9.79 Å². The molecule has 0 aliphatic carbocycles. The summed E-state index contributed by atoms with van der Waals surface area (Å²) >= 11 is 1.03. The largest absolute Gasteiger partial charge is 0.488 e. The van der Waals surface area contributed by atoms with E-state index in [1.165, 1.54) is 24.3 Å². The topological polar surface area (TPSA) is 153 Å². The molecule has 3 rings (SSSR count). The van der Waals surface area contributed by atoms with E-state index in [4.69, 9.17) is 14.9 Å². The van der Waals surface area contributed by atoms with E-state index < -0.39 is 11.5 Å². The van der Waals surface area contributed by atoms with Crippen LogP contribution in [0.2, 0.25) is 0 Å². The maximum absolute atomic E-state index is 12.6. The van der Waals surface area contributed by atoms with Crippen LogP contribution in [0.1, 0.15) is 36.7 Å². The lowest BCUT2D eigenvalue weighted by Crippen LogP contribution is -2.36. The summed E-state index contributed by atoms with van der Waals surface area (Å²) in [6.45, 7) is 2.16. The number of piperidine rings is 1. The van der Waals surface area contributed by atoms with Gasteiger partial charge in [-0.1, -0.05) is 11.3 Å². The summed E-state index contributed by atoms with van der Waals surface area (Å²) in [5.74, 6) is -1.27. The number of hydrogen-bond donors (Lipinski definition) is 2. The number of amides is 2. The Morgan fingerprint density at radius 3 is 2.90 bits per heavy atom. The number of aliphatic imine (C=N–C) groups is 1. The molecular weight excluding hydrogens is 412 g/mol. The summed E-state index contributed by atoms with van der Waals surface area (Å²) in [5, 5.41) is 10.7. The van der Waals surface area contributed by atoms with E-state index in [0.29, 0.717) is 23.8 Å². The first kappa shape index (κ1) is 21.2. The minimum Gasteiger partial charge on any atom is -0.488 e. The summed E-state index contributed by atoms with van der Waals surface area (Å²) < 4.78 is 10.2. The highest BCUT2D eigenvalue weighted by Gasteiger charge is 2.27.